The summed E-state index contributed by atoms with van der Waals surface area (Å²) >= 11 is 7.05. The number of benzene rings is 2. The number of nitrogens with zero attached hydrogens (tertiary/aromatic N) is 2. The molecule has 0 saturated carbocycles. The third kappa shape index (κ3) is 5.74. The molecule has 0 aliphatic rings. The second-order valence-electron chi connectivity index (χ2n) is 6.11. The lowest BCUT2D eigenvalue weighted by molar-refractivity contribution is -0.120. The number of thioether (sulfide) groups is 1. The molecule has 6 nitrogen and oxygen atoms in total. The molecule has 2 atom stereocenters. The lowest BCUT2D eigenvalue weighted by atomic mass is 10.1. The highest BCUT2D eigenvalue weighted by molar-refractivity contribution is 8.00. The van der Waals surface area contributed by atoms with Gasteiger partial charge in [0.15, 0.2) is 6.61 Å². The number of aromatic nitrogens is 2. The Kier molecular flexibility index (Phi) is 6.95. The molecule has 1 amide bonds. The summed E-state index contributed by atoms with van der Waals surface area (Å²) < 4.78 is 11.1. The second kappa shape index (κ2) is 9.61. The van der Waals surface area contributed by atoms with Gasteiger partial charge in [0.2, 0.25) is 5.91 Å². The first-order valence-corrected chi connectivity index (χ1v) is 10.00. The zero-order chi connectivity index (χ0) is 19.9. The minimum absolute atomic E-state index is 0.0808. The van der Waals surface area contributed by atoms with Crippen LogP contribution in [-0.2, 0) is 11.4 Å². The number of ether oxygens (including phenoxy) is 1. The summed E-state index contributed by atoms with van der Waals surface area (Å²) in [7, 11) is 0. The Labute approximate surface area is 172 Å². The highest BCUT2D eigenvalue weighted by Gasteiger charge is 2.20. The zero-order valence-corrected chi connectivity index (χ0v) is 17.0. The summed E-state index contributed by atoms with van der Waals surface area (Å²) in [6, 6.07) is 16.7. The fourth-order valence-corrected chi connectivity index (χ4v) is 3.22. The Balaban J connectivity index is 1.49. The Bertz CT molecular complexity index is 903. The van der Waals surface area contributed by atoms with Crippen LogP contribution >= 0.6 is 23.4 Å². The molecular formula is C20H20ClN3O3S. The van der Waals surface area contributed by atoms with E-state index in [0.29, 0.717) is 21.9 Å². The SMILES string of the molecule is CC(Sc1nnc(COc2ccc(Cl)cc2)o1)C(=O)NC(C)c1ccccc1. The van der Waals surface area contributed by atoms with Crippen LogP contribution in [0.3, 0.4) is 0 Å². The molecule has 1 N–H and O–H groups in total. The number of amides is 1. The molecule has 28 heavy (non-hydrogen) atoms. The van der Waals surface area contributed by atoms with E-state index in [1.807, 2.05) is 37.3 Å². The van der Waals surface area contributed by atoms with Gasteiger partial charge in [0.1, 0.15) is 5.75 Å². The van der Waals surface area contributed by atoms with Crippen LogP contribution in [0.25, 0.3) is 0 Å². The highest BCUT2D eigenvalue weighted by Crippen LogP contribution is 2.24. The van der Waals surface area contributed by atoms with Crippen molar-refractivity contribution in [2.75, 3.05) is 0 Å². The topological polar surface area (TPSA) is 77.2 Å². The van der Waals surface area contributed by atoms with E-state index in [1.165, 1.54) is 11.8 Å². The van der Waals surface area contributed by atoms with E-state index in [0.717, 1.165) is 5.56 Å². The van der Waals surface area contributed by atoms with Gasteiger partial charge < -0.3 is 14.5 Å². The number of rotatable bonds is 8. The Morgan fingerprint density at radius 3 is 2.57 bits per heavy atom. The van der Waals surface area contributed by atoms with E-state index in [4.69, 9.17) is 20.8 Å². The monoisotopic (exact) mass is 417 g/mol. The Hall–Kier alpha value is -2.51. The number of halogens is 1. The Morgan fingerprint density at radius 1 is 1.14 bits per heavy atom. The third-order valence-corrected chi connectivity index (χ3v) is 5.12. The minimum atomic E-state index is -0.378. The van der Waals surface area contributed by atoms with Crippen molar-refractivity contribution >= 4 is 29.3 Å². The first-order valence-electron chi connectivity index (χ1n) is 8.74. The van der Waals surface area contributed by atoms with E-state index in [2.05, 4.69) is 15.5 Å². The normalized spacial score (nSPS) is 13.0. The molecule has 2 aromatic carbocycles. The van der Waals surface area contributed by atoms with Gasteiger partial charge in [-0.2, -0.15) is 0 Å². The molecule has 0 aliphatic carbocycles. The van der Waals surface area contributed by atoms with Crippen LogP contribution in [-0.4, -0.2) is 21.4 Å². The predicted molar refractivity (Wildman–Crippen MR) is 108 cm³/mol. The summed E-state index contributed by atoms with van der Waals surface area (Å²) in [4.78, 5) is 12.4. The van der Waals surface area contributed by atoms with Gasteiger partial charge in [-0.25, -0.2) is 0 Å². The van der Waals surface area contributed by atoms with E-state index in [1.54, 1.807) is 31.2 Å². The fraction of sp³-hybridized carbons (Fsp3) is 0.250. The van der Waals surface area contributed by atoms with Gasteiger partial charge in [-0.05, 0) is 43.7 Å². The maximum absolute atomic E-state index is 12.4. The number of carbonyl (C=O) groups excluding carboxylic acids is 1. The van der Waals surface area contributed by atoms with Crippen molar-refractivity contribution in [3.63, 3.8) is 0 Å². The molecule has 8 heteroatoms. The fourth-order valence-electron chi connectivity index (χ4n) is 2.38. The van der Waals surface area contributed by atoms with Crippen molar-refractivity contribution in [3.05, 3.63) is 71.1 Å². The zero-order valence-electron chi connectivity index (χ0n) is 15.5. The maximum atomic E-state index is 12.4. The summed E-state index contributed by atoms with van der Waals surface area (Å²) in [6.45, 7) is 3.89. The highest BCUT2D eigenvalue weighted by atomic mass is 35.5. The predicted octanol–water partition coefficient (Wildman–Crippen LogP) is 4.66. The van der Waals surface area contributed by atoms with Gasteiger partial charge >= 0.3 is 0 Å². The molecule has 1 heterocycles. The second-order valence-corrected chi connectivity index (χ2v) is 7.83. The van der Waals surface area contributed by atoms with E-state index < -0.39 is 0 Å². The molecule has 1 aromatic heterocycles. The summed E-state index contributed by atoms with van der Waals surface area (Å²) in [5.74, 6) is 0.890. The van der Waals surface area contributed by atoms with E-state index in [-0.39, 0.29) is 23.8 Å². The van der Waals surface area contributed by atoms with Gasteiger partial charge in [-0.1, -0.05) is 53.7 Å². The lowest BCUT2D eigenvalue weighted by Crippen LogP contribution is -2.33. The van der Waals surface area contributed by atoms with Crippen molar-refractivity contribution < 1.29 is 13.9 Å². The van der Waals surface area contributed by atoms with Crippen molar-refractivity contribution in [2.45, 2.75) is 37.0 Å². The molecule has 146 valence electrons. The first kappa shape index (κ1) is 20.2. The van der Waals surface area contributed by atoms with Crippen LogP contribution < -0.4 is 10.1 Å². The van der Waals surface area contributed by atoms with E-state index in [9.17, 15) is 4.79 Å². The minimum Gasteiger partial charge on any atom is -0.484 e. The van der Waals surface area contributed by atoms with Crippen molar-refractivity contribution in [1.82, 2.24) is 15.5 Å². The van der Waals surface area contributed by atoms with Crippen LogP contribution in [0.4, 0.5) is 0 Å². The summed E-state index contributed by atoms with van der Waals surface area (Å²) in [5, 5.41) is 11.5. The molecule has 0 saturated heterocycles. The van der Waals surface area contributed by atoms with Crippen molar-refractivity contribution in [1.29, 1.82) is 0 Å². The molecule has 3 aromatic rings. The average molecular weight is 418 g/mol. The van der Waals surface area contributed by atoms with Crippen LogP contribution in [0.1, 0.15) is 31.3 Å². The molecule has 0 aliphatic heterocycles. The smallest absolute Gasteiger partial charge is 0.277 e. The number of nitrogens with one attached hydrogen (secondary N) is 1. The molecule has 0 fully saturated rings. The Morgan fingerprint density at radius 2 is 1.86 bits per heavy atom. The van der Waals surface area contributed by atoms with Crippen LogP contribution in [0.15, 0.2) is 64.2 Å². The van der Waals surface area contributed by atoms with Gasteiger partial charge in [-0.15, -0.1) is 10.2 Å². The largest absolute Gasteiger partial charge is 0.484 e. The standard InChI is InChI=1S/C20H20ClN3O3S/c1-13(15-6-4-3-5-7-15)22-19(25)14(2)28-20-24-23-18(27-20)12-26-17-10-8-16(21)9-11-17/h3-11,13-14H,12H2,1-2H3,(H,22,25). The molecule has 0 radical (unpaired) electrons. The molecule has 0 bridgehead atoms. The molecule has 0 spiro atoms. The average Bonchev–Trinajstić information content (AvgIpc) is 3.15. The van der Waals surface area contributed by atoms with E-state index >= 15 is 0 Å². The van der Waals surface area contributed by atoms with Gasteiger partial charge in [0.25, 0.3) is 11.1 Å². The third-order valence-electron chi connectivity index (χ3n) is 3.93. The van der Waals surface area contributed by atoms with Gasteiger partial charge in [0.05, 0.1) is 11.3 Å². The van der Waals surface area contributed by atoms with Gasteiger partial charge in [-0.3, -0.25) is 4.79 Å². The molecule has 2 unspecified atom stereocenters. The summed E-state index contributed by atoms with van der Waals surface area (Å²) in [5.41, 5.74) is 1.05. The molecular weight excluding hydrogens is 398 g/mol. The van der Waals surface area contributed by atoms with Crippen LogP contribution in [0.2, 0.25) is 5.02 Å². The van der Waals surface area contributed by atoms with Crippen molar-refractivity contribution in [2.24, 2.45) is 0 Å². The summed E-state index contributed by atoms with van der Waals surface area (Å²) in [6.07, 6.45) is 0. The number of hydrogen-bond acceptors (Lipinski definition) is 6. The first-order chi connectivity index (χ1) is 13.5. The number of carbonyl (C=O) groups is 1. The molecule has 3 rings (SSSR count). The number of hydrogen-bond donors (Lipinski definition) is 1. The van der Waals surface area contributed by atoms with Gasteiger partial charge in [0, 0.05) is 5.02 Å². The van der Waals surface area contributed by atoms with Crippen LogP contribution in [0, 0.1) is 0 Å². The lowest BCUT2D eigenvalue weighted by Gasteiger charge is -2.16. The van der Waals surface area contributed by atoms with Crippen molar-refractivity contribution in [3.8, 4) is 5.75 Å². The maximum Gasteiger partial charge on any atom is 0.277 e. The van der Waals surface area contributed by atoms with Crippen LogP contribution in [0.5, 0.6) is 5.75 Å². The quantitative estimate of drug-likeness (QED) is 0.537.